The van der Waals surface area contributed by atoms with E-state index in [0.29, 0.717) is 18.7 Å². The van der Waals surface area contributed by atoms with E-state index in [1.807, 2.05) is 0 Å². The average molecular weight is 389 g/mol. The van der Waals surface area contributed by atoms with Crippen molar-refractivity contribution in [1.82, 2.24) is 9.21 Å². The second-order valence-corrected chi connectivity index (χ2v) is 8.17. The normalized spacial score (nSPS) is 15.5. The van der Waals surface area contributed by atoms with Gasteiger partial charge in [-0.05, 0) is 18.2 Å². The second-order valence-electron chi connectivity index (χ2n) is 6.23. The first-order valence-corrected chi connectivity index (χ1v) is 9.94. The van der Waals surface area contributed by atoms with Crippen LogP contribution in [0.3, 0.4) is 0 Å². The number of carbonyl (C=O) groups is 2. The van der Waals surface area contributed by atoms with Gasteiger partial charge < -0.3 is 10.6 Å². The monoisotopic (exact) mass is 389 g/mol. The molecule has 2 N–H and O–H groups in total. The Kier molecular flexibility index (Phi) is 5.52. The largest absolute Gasteiger partial charge is 0.365 e. The summed E-state index contributed by atoms with van der Waals surface area (Å²) in [6.07, 6.45) is 3.21. The Morgan fingerprint density at radius 2 is 1.67 bits per heavy atom. The summed E-state index contributed by atoms with van der Waals surface area (Å²) in [5.41, 5.74) is 5.57. The van der Waals surface area contributed by atoms with Crippen LogP contribution in [0.2, 0.25) is 0 Å². The number of nitrogens with zero attached hydrogens (tertiary/aromatic N) is 3. The van der Waals surface area contributed by atoms with Crippen LogP contribution in [-0.2, 0) is 21.4 Å². The van der Waals surface area contributed by atoms with Gasteiger partial charge in [-0.3, -0.25) is 9.59 Å². The van der Waals surface area contributed by atoms with Gasteiger partial charge in [0.05, 0.1) is 4.90 Å². The van der Waals surface area contributed by atoms with Crippen LogP contribution in [0.1, 0.15) is 10.4 Å². The molecule has 27 heavy (non-hydrogen) atoms. The van der Waals surface area contributed by atoms with Crippen LogP contribution < -0.4 is 10.3 Å². The van der Waals surface area contributed by atoms with Gasteiger partial charge in [0.1, 0.15) is 5.56 Å². The second kappa shape index (κ2) is 7.85. The van der Waals surface area contributed by atoms with E-state index in [1.54, 1.807) is 58.1 Å². The molecule has 1 saturated heterocycles. The molecule has 1 aliphatic rings. The lowest BCUT2D eigenvalue weighted by Crippen LogP contribution is -2.53. The first-order valence-electron chi connectivity index (χ1n) is 8.50. The van der Waals surface area contributed by atoms with Gasteiger partial charge in [0.15, 0.2) is 12.4 Å². The Hall–Kier alpha value is -2.78. The molecule has 0 aliphatic carbocycles. The lowest BCUT2D eigenvalue weighted by molar-refractivity contribution is -0.685. The molecule has 1 fully saturated rings. The van der Waals surface area contributed by atoms with Gasteiger partial charge in [-0.1, -0.05) is 18.2 Å². The molecule has 3 rings (SSSR count). The highest BCUT2D eigenvalue weighted by Gasteiger charge is 2.30. The van der Waals surface area contributed by atoms with Gasteiger partial charge in [-0.15, -0.1) is 0 Å². The van der Waals surface area contributed by atoms with Gasteiger partial charge in [-0.2, -0.15) is 8.87 Å². The molecule has 2 heterocycles. The molecule has 1 aromatic carbocycles. The minimum Gasteiger partial charge on any atom is -0.365 e. The lowest BCUT2D eigenvalue weighted by Gasteiger charge is -2.33. The predicted octanol–water partition coefficient (Wildman–Crippen LogP) is -0.394. The molecule has 0 unspecified atom stereocenters. The summed E-state index contributed by atoms with van der Waals surface area (Å²) in [5.74, 6) is -0.699. The van der Waals surface area contributed by atoms with E-state index in [1.165, 1.54) is 10.5 Å². The fourth-order valence-corrected chi connectivity index (χ4v) is 4.38. The van der Waals surface area contributed by atoms with E-state index >= 15 is 0 Å². The van der Waals surface area contributed by atoms with Crippen molar-refractivity contribution in [2.45, 2.75) is 11.4 Å². The van der Waals surface area contributed by atoms with Crippen molar-refractivity contribution < 1.29 is 22.6 Å². The van der Waals surface area contributed by atoms with E-state index in [2.05, 4.69) is 0 Å². The van der Waals surface area contributed by atoms with E-state index in [0.717, 1.165) is 0 Å². The zero-order chi connectivity index (χ0) is 19.4. The molecule has 0 saturated carbocycles. The third-order valence-electron chi connectivity index (χ3n) is 4.43. The summed E-state index contributed by atoms with van der Waals surface area (Å²) in [4.78, 5) is 25.6. The number of sulfonamides is 1. The molecule has 0 radical (unpaired) electrons. The summed E-state index contributed by atoms with van der Waals surface area (Å²) >= 11 is 0. The Labute approximate surface area is 157 Å². The quantitative estimate of drug-likeness (QED) is 0.703. The summed E-state index contributed by atoms with van der Waals surface area (Å²) in [5, 5.41) is 0. The minimum atomic E-state index is -3.55. The third-order valence-corrected chi connectivity index (χ3v) is 6.35. The summed E-state index contributed by atoms with van der Waals surface area (Å²) in [6, 6.07) is 11.5. The number of hydrogen-bond donors (Lipinski definition) is 1. The summed E-state index contributed by atoms with van der Waals surface area (Å²) < 4.78 is 28.2. The number of rotatable bonds is 5. The van der Waals surface area contributed by atoms with Crippen LogP contribution in [0, 0.1) is 0 Å². The van der Waals surface area contributed by atoms with E-state index in [-0.39, 0.29) is 30.4 Å². The van der Waals surface area contributed by atoms with Crippen molar-refractivity contribution >= 4 is 21.8 Å². The Morgan fingerprint density at radius 1 is 1.00 bits per heavy atom. The number of hydrogen-bond acceptors (Lipinski definition) is 4. The SMILES string of the molecule is NC(=O)c1ccc[n+](CC(=O)N2CCN(S(=O)(=O)c3ccccc3)CC2)c1. The van der Waals surface area contributed by atoms with Gasteiger partial charge in [0, 0.05) is 32.2 Å². The molecule has 2 amide bonds. The predicted molar refractivity (Wildman–Crippen MR) is 96.9 cm³/mol. The first-order chi connectivity index (χ1) is 12.9. The maximum Gasteiger partial charge on any atom is 0.288 e. The number of benzene rings is 1. The highest BCUT2D eigenvalue weighted by Crippen LogP contribution is 2.17. The number of aromatic nitrogens is 1. The van der Waals surface area contributed by atoms with Crippen LogP contribution in [0.25, 0.3) is 0 Å². The smallest absolute Gasteiger partial charge is 0.288 e. The average Bonchev–Trinajstić information content (AvgIpc) is 2.69. The maximum atomic E-state index is 12.6. The Morgan fingerprint density at radius 3 is 2.30 bits per heavy atom. The van der Waals surface area contributed by atoms with Crippen LogP contribution in [0.5, 0.6) is 0 Å². The number of carbonyl (C=O) groups excluding carboxylic acids is 2. The number of nitrogens with two attached hydrogens (primary N) is 1. The highest BCUT2D eigenvalue weighted by molar-refractivity contribution is 7.89. The summed E-state index contributed by atoms with van der Waals surface area (Å²) in [6.45, 7) is 1.19. The third kappa shape index (κ3) is 4.32. The lowest BCUT2D eigenvalue weighted by atomic mass is 10.2. The Bertz CT molecular complexity index is 939. The van der Waals surface area contributed by atoms with E-state index in [4.69, 9.17) is 5.73 Å². The molecule has 9 heteroatoms. The zero-order valence-electron chi connectivity index (χ0n) is 14.7. The molecule has 0 atom stereocenters. The minimum absolute atomic E-state index is 0.0621. The molecule has 1 aliphatic heterocycles. The molecule has 8 nitrogen and oxygen atoms in total. The van der Waals surface area contributed by atoms with Crippen LogP contribution in [0.15, 0.2) is 59.8 Å². The summed E-state index contributed by atoms with van der Waals surface area (Å²) in [7, 11) is -3.55. The van der Waals surface area contributed by atoms with Gasteiger partial charge in [0.2, 0.25) is 16.6 Å². The number of piperazine rings is 1. The zero-order valence-corrected chi connectivity index (χ0v) is 15.5. The van der Waals surface area contributed by atoms with Crippen molar-refractivity contribution in [3.05, 3.63) is 60.4 Å². The van der Waals surface area contributed by atoms with Crippen LogP contribution in [-0.4, -0.2) is 55.6 Å². The standard InChI is InChI=1S/C18H20N4O4S/c19-18(24)15-5-4-8-20(13-15)14-17(23)21-9-11-22(12-10-21)27(25,26)16-6-2-1-3-7-16/h1-8,13H,9-12,14H2,(H-,19,24)/p+1. The van der Waals surface area contributed by atoms with Crippen molar-refractivity contribution in [2.24, 2.45) is 5.73 Å². The highest BCUT2D eigenvalue weighted by atomic mass is 32.2. The molecule has 0 spiro atoms. The Balaban J connectivity index is 1.61. The number of amides is 2. The fourth-order valence-electron chi connectivity index (χ4n) is 2.94. The fraction of sp³-hybridized carbons (Fsp3) is 0.278. The van der Waals surface area contributed by atoms with Gasteiger partial charge in [0.25, 0.3) is 11.8 Å². The molecule has 1 aromatic heterocycles. The molecular weight excluding hydrogens is 368 g/mol. The van der Waals surface area contributed by atoms with Gasteiger partial charge in [-0.25, -0.2) is 8.42 Å². The van der Waals surface area contributed by atoms with Crippen LogP contribution >= 0.6 is 0 Å². The maximum absolute atomic E-state index is 12.6. The van der Waals surface area contributed by atoms with Gasteiger partial charge >= 0.3 is 0 Å². The van der Waals surface area contributed by atoms with Crippen molar-refractivity contribution in [3.63, 3.8) is 0 Å². The number of primary amides is 1. The van der Waals surface area contributed by atoms with Crippen molar-refractivity contribution in [3.8, 4) is 0 Å². The first kappa shape index (κ1) is 19.0. The molecular formula is C18H21N4O4S+. The molecule has 142 valence electrons. The molecule has 0 bridgehead atoms. The van der Waals surface area contributed by atoms with Crippen molar-refractivity contribution in [1.29, 1.82) is 0 Å². The number of pyridine rings is 1. The van der Waals surface area contributed by atoms with Crippen LogP contribution in [0.4, 0.5) is 0 Å². The topological polar surface area (TPSA) is 105 Å². The van der Waals surface area contributed by atoms with E-state index in [9.17, 15) is 18.0 Å². The van der Waals surface area contributed by atoms with Crippen molar-refractivity contribution in [2.75, 3.05) is 26.2 Å². The van der Waals surface area contributed by atoms with E-state index < -0.39 is 15.9 Å². The molecule has 2 aromatic rings.